The van der Waals surface area contributed by atoms with Gasteiger partial charge >= 0.3 is 0 Å². The number of nitrogens with two attached hydrogens (primary N) is 2. The maximum absolute atomic E-state index is 11.2. The van der Waals surface area contributed by atoms with E-state index in [-0.39, 0.29) is 4.90 Å². The number of benzene rings is 2. The molecule has 3 rings (SSSR count). The lowest BCUT2D eigenvalue weighted by atomic mass is 10.2. The van der Waals surface area contributed by atoms with Crippen LogP contribution in [0.15, 0.2) is 70.8 Å². The predicted molar refractivity (Wildman–Crippen MR) is 102 cm³/mol. The lowest BCUT2D eigenvalue weighted by Gasteiger charge is -2.06. The van der Waals surface area contributed by atoms with Crippen LogP contribution in [-0.4, -0.2) is 30.4 Å². The molecule has 0 saturated heterocycles. The van der Waals surface area contributed by atoms with E-state index in [1.807, 2.05) is 30.3 Å². The van der Waals surface area contributed by atoms with Crippen molar-refractivity contribution in [2.75, 3.05) is 18.2 Å². The summed E-state index contributed by atoms with van der Waals surface area (Å²) in [5.74, 6) is 7.16. The summed E-state index contributed by atoms with van der Waals surface area (Å²) in [7, 11) is -3.69. The zero-order valence-electron chi connectivity index (χ0n) is 13.8. The third-order valence-corrected chi connectivity index (χ3v) is 5.36. The molecule has 0 amide bonds. The monoisotopic (exact) mass is 390 g/mol. The van der Waals surface area contributed by atoms with E-state index in [1.54, 1.807) is 18.3 Å². The largest absolute Gasteiger partial charge is 0.493 e. The Morgan fingerprint density at radius 3 is 2.42 bits per heavy atom. The van der Waals surface area contributed by atoms with Crippen molar-refractivity contribution in [3.8, 4) is 17.0 Å². The van der Waals surface area contributed by atoms with E-state index in [0.29, 0.717) is 23.3 Å². The van der Waals surface area contributed by atoms with Gasteiger partial charge in [0.15, 0.2) is 5.16 Å². The molecule has 3 aromatic rings. The molecule has 0 spiro atoms. The van der Waals surface area contributed by atoms with Crippen molar-refractivity contribution < 1.29 is 13.2 Å². The highest BCUT2D eigenvalue weighted by molar-refractivity contribution is 7.99. The van der Waals surface area contributed by atoms with E-state index in [9.17, 15) is 8.42 Å². The Bertz CT molecular complexity index is 971. The topological polar surface area (TPSA) is 113 Å². The highest BCUT2D eigenvalue weighted by atomic mass is 32.2. The number of aromatic nitrogens is 2. The van der Waals surface area contributed by atoms with Crippen LogP contribution in [0, 0.1) is 0 Å². The molecule has 0 aliphatic carbocycles. The highest BCUT2D eigenvalue weighted by Crippen LogP contribution is 2.23. The quantitative estimate of drug-likeness (QED) is 0.363. The first-order chi connectivity index (χ1) is 12.4. The Morgan fingerprint density at radius 1 is 1.08 bits per heavy atom. The van der Waals surface area contributed by atoms with Gasteiger partial charge in [-0.05, 0) is 24.3 Å². The SMILES string of the molecule is Nn1cc(-c2ccccc2)nc1SCCOc1ccc(S(N)(=O)=O)cc1. The second kappa shape index (κ2) is 7.81. The average Bonchev–Trinajstić information content (AvgIpc) is 3.00. The summed E-state index contributed by atoms with van der Waals surface area (Å²) in [4.78, 5) is 4.58. The van der Waals surface area contributed by atoms with Crippen LogP contribution in [0.5, 0.6) is 5.75 Å². The Balaban J connectivity index is 1.53. The van der Waals surface area contributed by atoms with Gasteiger partial charge in [-0.3, -0.25) is 0 Å². The summed E-state index contributed by atoms with van der Waals surface area (Å²) in [6, 6.07) is 15.8. The van der Waals surface area contributed by atoms with Gasteiger partial charge in [0.25, 0.3) is 0 Å². The molecule has 0 fully saturated rings. The molecular formula is C17H18N4O3S2. The van der Waals surface area contributed by atoms with Crippen molar-refractivity contribution in [1.29, 1.82) is 0 Å². The highest BCUT2D eigenvalue weighted by Gasteiger charge is 2.09. The number of nitrogen functional groups attached to an aromatic ring is 1. The van der Waals surface area contributed by atoms with Gasteiger partial charge < -0.3 is 10.6 Å². The number of hydrogen-bond donors (Lipinski definition) is 2. The number of hydrogen-bond acceptors (Lipinski definition) is 6. The van der Waals surface area contributed by atoms with Crippen LogP contribution in [0.1, 0.15) is 0 Å². The Hall–Kier alpha value is -2.49. The van der Waals surface area contributed by atoms with Crippen molar-refractivity contribution in [3.05, 3.63) is 60.8 Å². The van der Waals surface area contributed by atoms with Crippen molar-refractivity contribution in [1.82, 2.24) is 9.66 Å². The van der Waals surface area contributed by atoms with Crippen LogP contribution in [0.2, 0.25) is 0 Å². The van der Waals surface area contributed by atoms with Crippen LogP contribution in [-0.2, 0) is 10.0 Å². The summed E-state index contributed by atoms with van der Waals surface area (Å²) in [6.45, 7) is 0.424. The Kier molecular flexibility index (Phi) is 5.50. The van der Waals surface area contributed by atoms with E-state index < -0.39 is 10.0 Å². The number of primary sulfonamides is 1. The Morgan fingerprint density at radius 2 is 1.77 bits per heavy atom. The van der Waals surface area contributed by atoms with Crippen molar-refractivity contribution in [2.24, 2.45) is 5.14 Å². The minimum absolute atomic E-state index is 0.0535. The molecule has 4 N–H and O–H groups in total. The lowest BCUT2D eigenvalue weighted by molar-refractivity contribution is 0.343. The molecule has 0 atom stereocenters. The van der Waals surface area contributed by atoms with E-state index >= 15 is 0 Å². The summed E-state index contributed by atoms with van der Waals surface area (Å²) < 4.78 is 29.5. The van der Waals surface area contributed by atoms with Gasteiger partial charge in [-0.15, -0.1) is 0 Å². The van der Waals surface area contributed by atoms with Crippen LogP contribution in [0.4, 0.5) is 0 Å². The maximum atomic E-state index is 11.2. The number of ether oxygens (including phenoxy) is 1. The first-order valence-corrected chi connectivity index (χ1v) is 10.2. The fourth-order valence-corrected chi connectivity index (χ4v) is 3.48. The maximum Gasteiger partial charge on any atom is 0.238 e. The zero-order chi connectivity index (χ0) is 18.6. The molecule has 0 saturated carbocycles. The molecule has 0 bridgehead atoms. The molecule has 7 nitrogen and oxygen atoms in total. The van der Waals surface area contributed by atoms with E-state index in [0.717, 1.165) is 11.3 Å². The molecule has 1 heterocycles. The van der Waals surface area contributed by atoms with E-state index in [1.165, 1.54) is 28.6 Å². The van der Waals surface area contributed by atoms with Crippen molar-refractivity contribution in [2.45, 2.75) is 10.1 Å². The van der Waals surface area contributed by atoms with Gasteiger partial charge in [0.2, 0.25) is 10.0 Å². The van der Waals surface area contributed by atoms with Gasteiger partial charge in [0, 0.05) is 11.3 Å². The van der Waals surface area contributed by atoms with E-state index in [4.69, 9.17) is 15.7 Å². The van der Waals surface area contributed by atoms with Crippen LogP contribution >= 0.6 is 11.8 Å². The third kappa shape index (κ3) is 4.57. The van der Waals surface area contributed by atoms with Crippen molar-refractivity contribution in [3.63, 3.8) is 0 Å². The first-order valence-electron chi connectivity index (χ1n) is 7.72. The molecule has 9 heteroatoms. The third-order valence-electron chi connectivity index (χ3n) is 3.50. The lowest BCUT2D eigenvalue weighted by Crippen LogP contribution is -2.12. The normalized spacial score (nSPS) is 11.4. The first kappa shape index (κ1) is 18.3. The van der Waals surface area contributed by atoms with Crippen LogP contribution in [0.25, 0.3) is 11.3 Å². The second-order valence-corrected chi connectivity index (χ2v) is 8.02. The zero-order valence-corrected chi connectivity index (χ0v) is 15.4. The Labute approximate surface area is 156 Å². The fraction of sp³-hybridized carbons (Fsp3) is 0.118. The summed E-state index contributed by atoms with van der Waals surface area (Å²) >= 11 is 1.48. The van der Waals surface area contributed by atoms with Crippen molar-refractivity contribution >= 4 is 21.8 Å². The molecule has 2 aromatic carbocycles. The number of nitrogens with zero attached hydrogens (tertiary/aromatic N) is 2. The number of thioether (sulfide) groups is 1. The molecular weight excluding hydrogens is 372 g/mol. The standard InChI is InChI=1S/C17H18N4O3S2/c18-21-12-16(13-4-2-1-3-5-13)20-17(21)25-11-10-24-14-6-8-15(9-7-14)26(19,22)23/h1-9,12H,10-11,18H2,(H2,19,22,23). The molecule has 0 aliphatic rings. The number of sulfonamides is 1. The molecule has 0 radical (unpaired) electrons. The molecule has 136 valence electrons. The van der Waals surface area contributed by atoms with Gasteiger partial charge in [-0.2, -0.15) is 0 Å². The molecule has 0 unspecified atom stereocenters. The van der Waals surface area contributed by atoms with Gasteiger partial charge in [0.05, 0.1) is 23.4 Å². The fourth-order valence-electron chi connectivity index (χ4n) is 2.25. The predicted octanol–water partition coefficient (Wildman–Crippen LogP) is 2.08. The molecule has 0 aliphatic heterocycles. The van der Waals surface area contributed by atoms with E-state index in [2.05, 4.69) is 4.98 Å². The molecule has 26 heavy (non-hydrogen) atoms. The second-order valence-electron chi connectivity index (χ2n) is 5.40. The van der Waals surface area contributed by atoms with Crippen LogP contribution < -0.4 is 15.7 Å². The number of rotatable bonds is 7. The van der Waals surface area contributed by atoms with Gasteiger partial charge in [-0.1, -0.05) is 42.1 Å². The van der Waals surface area contributed by atoms with Gasteiger partial charge in [-0.25, -0.2) is 23.2 Å². The summed E-state index contributed by atoms with van der Waals surface area (Å²) in [5.41, 5.74) is 1.82. The molecule has 1 aromatic heterocycles. The minimum Gasteiger partial charge on any atom is -0.493 e. The summed E-state index contributed by atoms with van der Waals surface area (Å²) in [6.07, 6.45) is 1.78. The minimum atomic E-state index is -3.69. The summed E-state index contributed by atoms with van der Waals surface area (Å²) in [5, 5.41) is 5.75. The van der Waals surface area contributed by atoms with Crippen LogP contribution in [0.3, 0.4) is 0 Å². The smallest absolute Gasteiger partial charge is 0.238 e. The number of imidazole rings is 1. The van der Waals surface area contributed by atoms with Gasteiger partial charge in [0.1, 0.15) is 5.75 Å². The average molecular weight is 390 g/mol.